The van der Waals surface area contributed by atoms with Gasteiger partial charge in [-0.25, -0.2) is 0 Å². The van der Waals surface area contributed by atoms with Crippen LogP contribution in [-0.4, -0.2) is 17.6 Å². The van der Waals surface area contributed by atoms with Crippen molar-refractivity contribution >= 4 is 23.6 Å². The van der Waals surface area contributed by atoms with Crippen LogP contribution in [0.2, 0.25) is 0 Å². The maximum atomic E-state index is 12.5. The van der Waals surface area contributed by atoms with Gasteiger partial charge in [0.2, 0.25) is 11.8 Å². The molecular formula is C21H22N4O2S. The van der Waals surface area contributed by atoms with Gasteiger partial charge in [-0.15, -0.1) is 0 Å². The van der Waals surface area contributed by atoms with Crippen LogP contribution in [0.4, 0.5) is 0 Å². The van der Waals surface area contributed by atoms with Crippen LogP contribution in [-0.2, 0) is 16.0 Å². The van der Waals surface area contributed by atoms with Crippen molar-refractivity contribution in [3.8, 4) is 12.1 Å². The largest absolute Gasteiger partial charge is 0.349 e. The van der Waals surface area contributed by atoms with Crippen LogP contribution in [0.5, 0.6) is 0 Å². The number of carbonyl (C=O) groups is 2. The molecule has 144 valence electrons. The summed E-state index contributed by atoms with van der Waals surface area (Å²) >= 11 is 1.13. The molecule has 2 aliphatic rings. The number of carbonyl (C=O) groups excluding carboxylic acids is 2. The first kappa shape index (κ1) is 20.0. The predicted molar refractivity (Wildman–Crippen MR) is 106 cm³/mol. The number of benzene rings is 1. The van der Waals surface area contributed by atoms with Crippen LogP contribution in [0.25, 0.3) is 0 Å². The molecule has 0 saturated carbocycles. The summed E-state index contributed by atoms with van der Waals surface area (Å²) in [5, 5.41) is 24.9. The second-order valence-corrected chi connectivity index (χ2v) is 8.57. The van der Waals surface area contributed by atoms with Gasteiger partial charge in [0.25, 0.3) is 0 Å². The summed E-state index contributed by atoms with van der Waals surface area (Å²) in [4.78, 5) is 24.7. The first-order valence-electron chi connectivity index (χ1n) is 9.23. The Hall–Kier alpha value is -2.77. The Kier molecular flexibility index (Phi) is 5.76. The Bertz CT molecular complexity index is 923. The van der Waals surface area contributed by atoms with Gasteiger partial charge < -0.3 is 10.6 Å². The normalized spacial score (nSPS) is 23.1. The minimum atomic E-state index is -0.931. The molecule has 0 spiro atoms. The van der Waals surface area contributed by atoms with E-state index in [2.05, 4.69) is 28.8 Å². The van der Waals surface area contributed by atoms with Gasteiger partial charge in [0, 0.05) is 5.41 Å². The van der Waals surface area contributed by atoms with Gasteiger partial charge in [-0.3, -0.25) is 9.59 Å². The topological polar surface area (TPSA) is 106 Å². The highest BCUT2D eigenvalue weighted by molar-refractivity contribution is 8.03. The number of thioether (sulfide) groups is 1. The zero-order valence-corrected chi connectivity index (χ0v) is 16.7. The molecule has 0 radical (unpaired) electrons. The molecule has 1 aromatic carbocycles. The summed E-state index contributed by atoms with van der Waals surface area (Å²) in [6.07, 6.45) is 2.95. The third-order valence-corrected chi connectivity index (χ3v) is 6.39. The first-order valence-corrected chi connectivity index (χ1v) is 10.2. The zero-order valence-electron chi connectivity index (χ0n) is 15.9. The van der Waals surface area contributed by atoms with Crippen LogP contribution in [0.15, 0.2) is 34.9 Å². The maximum Gasteiger partial charge on any atom is 0.243 e. The van der Waals surface area contributed by atoms with E-state index < -0.39 is 17.2 Å². The maximum absolute atomic E-state index is 12.5. The van der Waals surface area contributed by atoms with Crippen LogP contribution in [0, 0.1) is 34.0 Å². The van der Waals surface area contributed by atoms with Crippen LogP contribution in [0.3, 0.4) is 0 Å². The van der Waals surface area contributed by atoms with Crippen molar-refractivity contribution in [2.75, 3.05) is 5.75 Å². The highest BCUT2D eigenvalue weighted by Gasteiger charge is 2.44. The average Bonchev–Trinajstić information content (AvgIpc) is 2.66. The summed E-state index contributed by atoms with van der Waals surface area (Å²) in [6, 6.07) is 12.2. The molecule has 1 aliphatic carbocycles. The summed E-state index contributed by atoms with van der Waals surface area (Å²) in [5.74, 6) is -1.42. The van der Waals surface area contributed by atoms with E-state index in [1.54, 1.807) is 13.8 Å². The van der Waals surface area contributed by atoms with E-state index in [0.29, 0.717) is 10.6 Å². The van der Waals surface area contributed by atoms with Crippen molar-refractivity contribution in [3.63, 3.8) is 0 Å². The third kappa shape index (κ3) is 3.76. The van der Waals surface area contributed by atoms with Gasteiger partial charge in [0.05, 0.1) is 34.5 Å². The van der Waals surface area contributed by atoms with E-state index in [0.717, 1.165) is 36.6 Å². The molecule has 1 aliphatic heterocycles. The zero-order chi connectivity index (χ0) is 20.3. The van der Waals surface area contributed by atoms with E-state index in [1.165, 1.54) is 5.56 Å². The summed E-state index contributed by atoms with van der Waals surface area (Å²) in [6.45, 7) is 3.41. The van der Waals surface area contributed by atoms with Crippen molar-refractivity contribution in [2.45, 2.75) is 39.2 Å². The van der Waals surface area contributed by atoms with Crippen LogP contribution in [0.1, 0.15) is 43.9 Å². The van der Waals surface area contributed by atoms with Gasteiger partial charge >= 0.3 is 0 Å². The second-order valence-electron chi connectivity index (χ2n) is 7.59. The van der Waals surface area contributed by atoms with Crippen LogP contribution >= 0.6 is 11.8 Å². The lowest BCUT2D eigenvalue weighted by Gasteiger charge is -2.34. The molecule has 2 atom stereocenters. The molecule has 6 nitrogen and oxygen atoms in total. The lowest BCUT2D eigenvalue weighted by Crippen LogP contribution is -2.44. The molecule has 7 heteroatoms. The van der Waals surface area contributed by atoms with Crippen molar-refractivity contribution in [1.82, 2.24) is 10.6 Å². The molecule has 0 bridgehead atoms. The molecule has 0 unspecified atom stereocenters. The van der Waals surface area contributed by atoms with E-state index in [1.807, 2.05) is 18.2 Å². The van der Waals surface area contributed by atoms with Gasteiger partial charge in [0.15, 0.2) is 0 Å². The second kappa shape index (κ2) is 8.08. The number of hydrogen-bond acceptors (Lipinski definition) is 5. The SMILES string of the molecule is CC1(C)C(C#N)=C(SCC(=O)N[C@H]2CCCc3ccccc32)NC(=O)[C@H]1C#N. The monoisotopic (exact) mass is 394 g/mol. The molecule has 0 fully saturated rings. The van der Waals surface area contributed by atoms with Crippen LogP contribution < -0.4 is 10.6 Å². The van der Waals surface area contributed by atoms with Crippen molar-refractivity contribution in [2.24, 2.45) is 11.3 Å². The number of aryl methyl sites for hydroxylation is 1. The van der Waals surface area contributed by atoms with E-state index in [9.17, 15) is 20.1 Å². The Morgan fingerprint density at radius 1 is 1.36 bits per heavy atom. The number of nitrogens with one attached hydrogen (secondary N) is 2. The Morgan fingerprint density at radius 2 is 2.11 bits per heavy atom. The van der Waals surface area contributed by atoms with Crippen molar-refractivity contribution in [1.29, 1.82) is 10.5 Å². The van der Waals surface area contributed by atoms with Gasteiger partial charge in [-0.05, 0) is 30.4 Å². The Morgan fingerprint density at radius 3 is 2.82 bits per heavy atom. The molecule has 1 aromatic rings. The average molecular weight is 395 g/mol. The summed E-state index contributed by atoms with van der Waals surface area (Å²) in [7, 11) is 0. The molecule has 2 amide bonds. The Balaban J connectivity index is 1.70. The number of amides is 2. The summed E-state index contributed by atoms with van der Waals surface area (Å²) < 4.78 is 0. The van der Waals surface area contributed by atoms with Crippen molar-refractivity contribution in [3.05, 3.63) is 46.0 Å². The molecule has 0 aromatic heterocycles. The van der Waals surface area contributed by atoms with E-state index >= 15 is 0 Å². The standard InChI is InChI=1S/C21H22N4O2S/c1-21(2)15(10-22)19(27)25-20(16(21)11-23)28-12-18(26)24-17-9-5-7-13-6-3-4-8-14(13)17/h3-4,6,8,15,17H,5,7,9,12H2,1-2H3,(H,24,26)(H,25,27)/t15-,17+/m1/s1. The van der Waals surface area contributed by atoms with Crippen molar-refractivity contribution < 1.29 is 9.59 Å². The fourth-order valence-corrected chi connectivity index (χ4v) is 4.80. The minimum absolute atomic E-state index is 0.0113. The number of allylic oxidation sites excluding steroid dienone is 1. The number of hydrogen-bond donors (Lipinski definition) is 2. The number of fused-ring (bicyclic) bond motifs is 1. The first-order chi connectivity index (χ1) is 13.4. The quantitative estimate of drug-likeness (QED) is 0.817. The van der Waals surface area contributed by atoms with Gasteiger partial charge in [0.1, 0.15) is 5.92 Å². The van der Waals surface area contributed by atoms with Gasteiger partial charge in [-0.1, -0.05) is 49.9 Å². The fraction of sp³-hybridized carbons (Fsp3) is 0.429. The number of rotatable bonds is 4. The fourth-order valence-electron chi connectivity index (χ4n) is 3.81. The molecular weight excluding hydrogens is 372 g/mol. The molecule has 2 N–H and O–H groups in total. The minimum Gasteiger partial charge on any atom is -0.349 e. The highest BCUT2D eigenvalue weighted by Crippen LogP contribution is 2.41. The van der Waals surface area contributed by atoms with Gasteiger partial charge in [-0.2, -0.15) is 10.5 Å². The smallest absolute Gasteiger partial charge is 0.243 e. The molecule has 28 heavy (non-hydrogen) atoms. The summed E-state index contributed by atoms with van der Waals surface area (Å²) in [5.41, 5.74) is 1.87. The molecule has 3 rings (SSSR count). The lowest BCUT2D eigenvalue weighted by atomic mass is 9.72. The predicted octanol–water partition coefficient (Wildman–Crippen LogP) is 2.94. The number of nitriles is 2. The lowest BCUT2D eigenvalue weighted by molar-refractivity contribution is -0.125. The molecule has 1 heterocycles. The Labute approximate surface area is 169 Å². The highest BCUT2D eigenvalue weighted by atomic mass is 32.2. The van der Waals surface area contributed by atoms with E-state index in [-0.39, 0.29) is 17.7 Å². The van der Waals surface area contributed by atoms with E-state index in [4.69, 9.17) is 0 Å². The molecule has 0 saturated heterocycles. The number of nitrogens with zero attached hydrogens (tertiary/aromatic N) is 2. The third-order valence-electron chi connectivity index (χ3n) is 5.39.